The minimum absolute atomic E-state index is 0.478. The van der Waals surface area contributed by atoms with E-state index in [0.29, 0.717) is 29.8 Å². The molecule has 2 aromatic heterocycles. The standard InChI is InChI=1S/C17H18N4O3/c1-22-14-6-5-12(10-15(14)23-2)20-17-18-8-7-16(21-17)19-11-13-4-3-9-24-13/h3-10H,11H2,1-2H3,(H2,18,19,20,21). The molecule has 0 atom stereocenters. The monoisotopic (exact) mass is 326 g/mol. The number of ether oxygens (including phenoxy) is 2. The molecule has 1 aromatic carbocycles. The predicted octanol–water partition coefficient (Wildman–Crippen LogP) is 3.44. The van der Waals surface area contributed by atoms with Gasteiger partial charge in [0.25, 0.3) is 0 Å². The molecule has 0 fully saturated rings. The third-order valence-electron chi connectivity index (χ3n) is 3.32. The first-order chi connectivity index (χ1) is 11.8. The molecule has 2 heterocycles. The van der Waals surface area contributed by atoms with E-state index in [1.807, 2.05) is 30.3 Å². The van der Waals surface area contributed by atoms with Crippen molar-refractivity contribution >= 4 is 17.5 Å². The van der Waals surface area contributed by atoms with Gasteiger partial charge < -0.3 is 24.5 Å². The first kappa shape index (κ1) is 15.7. The van der Waals surface area contributed by atoms with E-state index in [2.05, 4.69) is 20.6 Å². The average Bonchev–Trinajstić information content (AvgIpc) is 3.14. The number of methoxy groups -OCH3 is 2. The minimum Gasteiger partial charge on any atom is -0.493 e. The van der Waals surface area contributed by atoms with Gasteiger partial charge in [-0.15, -0.1) is 0 Å². The number of rotatable bonds is 7. The van der Waals surface area contributed by atoms with Crippen molar-refractivity contribution in [1.29, 1.82) is 0 Å². The third-order valence-corrected chi connectivity index (χ3v) is 3.32. The molecule has 0 saturated carbocycles. The van der Waals surface area contributed by atoms with Crippen LogP contribution in [0.4, 0.5) is 17.5 Å². The smallest absolute Gasteiger partial charge is 0.229 e. The maximum absolute atomic E-state index is 5.29. The third kappa shape index (κ3) is 3.75. The Morgan fingerprint density at radius 2 is 1.96 bits per heavy atom. The second kappa shape index (κ2) is 7.36. The number of nitrogens with zero attached hydrogens (tertiary/aromatic N) is 2. The van der Waals surface area contributed by atoms with Crippen molar-refractivity contribution in [3.05, 3.63) is 54.6 Å². The van der Waals surface area contributed by atoms with E-state index in [0.717, 1.165) is 11.4 Å². The molecule has 0 unspecified atom stereocenters. The van der Waals surface area contributed by atoms with Crippen LogP contribution in [0.3, 0.4) is 0 Å². The fourth-order valence-corrected chi connectivity index (χ4v) is 2.15. The Balaban J connectivity index is 1.70. The zero-order valence-corrected chi connectivity index (χ0v) is 13.4. The maximum Gasteiger partial charge on any atom is 0.229 e. The lowest BCUT2D eigenvalue weighted by Gasteiger charge is -2.11. The lowest BCUT2D eigenvalue weighted by atomic mass is 10.3. The topological polar surface area (TPSA) is 81.4 Å². The summed E-state index contributed by atoms with van der Waals surface area (Å²) in [5, 5.41) is 6.33. The van der Waals surface area contributed by atoms with Gasteiger partial charge in [-0.05, 0) is 30.3 Å². The first-order valence-electron chi connectivity index (χ1n) is 7.37. The van der Waals surface area contributed by atoms with Gasteiger partial charge in [0.05, 0.1) is 27.0 Å². The van der Waals surface area contributed by atoms with Crippen molar-refractivity contribution in [2.75, 3.05) is 24.9 Å². The van der Waals surface area contributed by atoms with E-state index >= 15 is 0 Å². The highest BCUT2D eigenvalue weighted by Gasteiger charge is 2.06. The summed E-state index contributed by atoms with van der Waals surface area (Å²) in [4.78, 5) is 8.64. The Labute approximate surface area is 139 Å². The van der Waals surface area contributed by atoms with Crippen LogP contribution in [-0.4, -0.2) is 24.2 Å². The van der Waals surface area contributed by atoms with E-state index in [1.165, 1.54) is 0 Å². The molecular formula is C17H18N4O3. The highest BCUT2D eigenvalue weighted by atomic mass is 16.5. The molecule has 7 nitrogen and oxygen atoms in total. The Morgan fingerprint density at radius 3 is 2.71 bits per heavy atom. The number of furan rings is 1. The molecular weight excluding hydrogens is 308 g/mol. The van der Waals surface area contributed by atoms with Crippen LogP contribution < -0.4 is 20.1 Å². The van der Waals surface area contributed by atoms with Gasteiger partial charge in [0, 0.05) is 18.0 Å². The normalized spacial score (nSPS) is 10.2. The Morgan fingerprint density at radius 1 is 1.08 bits per heavy atom. The number of anilines is 3. The van der Waals surface area contributed by atoms with Gasteiger partial charge in [-0.25, -0.2) is 4.98 Å². The fraction of sp³-hybridized carbons (Fsp3) is 0.176. The summed E-state index contributed by atoms with van der Waals surface area (Å²) in [5.74, 6) is 3.31. The lowest BCUT2D eigenvalue weighted by molar-refractivity contribution is 0.355. The first-order valence-corrected chi connectivity index (χ1v) is 7.37. The van der Waals surface area contributed by atoms with Crippen LogP contribution in [0.25, 0.3) is 0 Å². The molecule has 0 radical (unpaired) electrons. The molecule has 2 N–H and O–H groups in total. The molecule has 3 aromatic rings. The van der Waals surface area contributed by atoms with Gasteiger partial charge in [-0.1, -0.05) is 0 Å². The van der Waals surface area contributed by atoms with Gasteiger partial charge in [0.15, 0.2) is 11.5 Å². The maximum atomic E-state index is 5.29. The summed E-state index contributed by atoms with van der Waals surface area (Å²) < 4.78 is 15.8. The SMILES string of the molecule is COc1ccc(Nc2nccc(NCc3ccco3)n2)cc1OC. The molecule has 0 aliphatic rings. The second-order valence-corrected chi connectivity index (χ2v) is 4.89. The quantitative estimate of drug-likeness (QED) is 0.688. The van der Waals surface area contributed by atoms with Crippen LogP contribution in [0.5, 0.6) is 11.5 Å². The van der Waals surface area contributed by atoms with Crippen LogP contribution in [-0.2, 0) is 6.54 Å². The summed E-state index contributed by atoms with van der Waals surface area (Å²) in [5.41, 5.74) is 0.802. The van der Waals surface area contributed by atoms with E-state index in [4.69, 9.17) is 13.9 Å². The van der Waals surface area contributed by atoms with Crippen LogP contribution in [0.15, 0.2) is 53.3 Å². The van der Waals surface area contributed by atoms with Gasteiger partial charge >= 0.3 is 0 Å². The van der Waals surface area contributed by atoms with Crippen molar-refractivity contribution in [3.63, 3.8) is 0 Å². The van der Waals surface area contributed by atoms with Crippen LogP contribution in [0.2, 0.25) is 0 Å². The largest absolute Gasteiger partial charge is 0.493 e. The predicted molar refractivity (Wildman–Crippen MR) is 90.9 cm³/mol. The van der Waals surface area contributed by atoms with E-state index < -0.39 is 0 Å². The summed E-state index contributed by atoms with van der Waals surface area (Å²) in [7, 11) is 3.19. The van der Waals surface area contributed by atoms with Gasteiger partial charge in [0.1, 0.15) is 11.6 Å². The van der Waals surface area contributed by atoms with Gasteiger partial charge in [-0.2, -0.15) is 4.98 Å². The highest BCUT2D eigenvalue weighted by molar-refractivity contribution is 5.60. The van der Waals surface area contributed by atoms with Crippen molar-refractivity contribution in [1.82, 2.24) is 9.97 Å². The molecule has 0 bridgehead atoms. The van der Waals surface area contributed by atoms with Crippen molar-refractivity contribution in [3.8, 4) is 11.5 Å². The Bertz CT molecular complexity index is 790. The molecule has 124 valence electrons. The lowest BCUT2D eigenvalue weighted by Crippen LogP contribution is -2.03. The summed E-state index contributed by atoms with van der Waals surface area (Å²) >= 11 is 0. The van der Waals surface area contributed by atoms with Crippen LogP contribution in [0.1, 0.15) is 5.76 Å². The Hall–Kier alpha value is -3.22. The number of benzene rings is 1. The zero-order valence-electron chi connectivity index (χ0n) is 13.4. The average molecular weight is 326 g/mol. The van der Waals surface area contributed by atoms with Crippen molar-refractivity contribution < 1.29 is 13.9 Å². The molecule has 0 amide bonds. The fourth-order valence-electron chi connectivity index (χ4n) is 2.15. The van der Waals surface area contributed by atoms with E-state index in [9.17, 15) is 0 Å². The molecule has 3 rings (SSSR count). The molecule has 24 heavy (non-hydrogen) atoms. The second-order valence-electron chi connectivity index (χ2n) is 4.89. The van der Waals surface area contributed by atoms with Crippen LogP contribution >= 0.6 is 0 Å². The summed E-state index contributed by atoms with van der Waals surface area (Å²) in [6, 6.07) is 11.1. The number of hydrogen-bond donors (Lipinski definition) is 2. The van der Waals surface area contributed by atoms with Gasteiger partial charge in [-0.3, -0.25) is 0 Å². The zero-order chi connectivity index (χ0) is 16.8. The Kier molecular flexibility index (Phi) is 4.81. The highest BCUT2D eigenvalue weighted by Crippen LogP contribution is 2.30. The molecule has 0 aliphatic heterocycles. The minimum atomic E-state index is 0.478. The molecule has 0 saturated heterocycles. The summed E-state index contributed by atoms with van der Waals surface area (Å²) in [6.45, 7) is 0.555. The molecule has 7 heteroatoms. The van der Waals surface area contributed by atoms with Crippen molar-refractivity contribution in [2.24, 2.45) is 0 Å². The summed E-state index contributed by atoms with van der Waals surface area (Å²) in [6.07, 6.45) is 3.32. The van der Waals surface area contributed by atoms with Crippen LogP contribution in [0, 0.1) is 0 Å². The van der Waals surface area contributed by atoms with E-state index in [-0.39, 0.29) is 0 Å². The van der Waals surface area contributed by atoms with Gasteiger partial charge in [0.2, 0.25) is 5.95 Å². The molecule has 0 spiro atoms. The number of hydrogen-bond acceptors (Lipinski definition) is 7. The molecule has 0 aliphatic carbocycles. The van der Waals surface area contributed by atoms with E-state index in [1.54, 1.807) is 32.7 Å². The number of nitrogens with one attached hydrogen (secondary N) is 2. The van der Waals surface area contributed by atoms with Crippen molar-refractivity contribution in [2.45, 2.75) is 6.54 Å². The number of aromatic nitrogens is 2.